The molecule has 1 aliphatic heterocycles. The highest BCUT2D eigenvalue weighted by molar-refractivity contribution is 7.91. The predicted molar refractivity (Wildman–Crippen MR) is 114 cm³/mol. The van der Waals surface area contributed by atoms with E-state index in [0.717, 1.165) is 16.7 Å². The van der Waals surface area contributed by atoms with E-state index in [4.69, 9.17) is 0 Å². The van der Waals surface area contributed by atoms with Gasteiger partial charge in [-0.1, -0.05) is 60.7 Å². The molecule has 150 valence electrons. The average Bonchev–Trinajstić information content (AvgIpc) is 3.29. The molecule has 1 aromatic heterocycles. The van der Waals surface area contributed by atoms with Crippen molar-refractivity contribution < 1.29 is 13.2 Å². The summed E-state index contributed by atoms with van der Waals surface area (Å²) in [6.45, 7) is 0.636. The highest BCUT2D eigenvalue weighted by atomic mass is 32.2. The van der Waals surface area contributed by atoms with Crippen molar-refractivity contribution >= 4 is 27.3 Å². The summed E-state index contributed by atoms with van der Waals surface area (Å²) in [5.74, 6) is -0.191. The number of nitrogens with zero attached hydrogens (tertiary/aromatic N) is 2. The molecule has 0 fully saturated rings. The SMILES string of the molecule is CN(Cc1ccccc1)C(=O)C1Cc2ccccc2CN1S(=O)(=O)c1cccs1. The van der Waals surface area contributed by atoms with Crippen LogP contribution in [-0.4, -0.2) is 36.6 Å². The summed E-state index contributed by atoms with van der Waals surface area (Å²) in [6.07, 6.45) is 0.374. The van der Waals surface area contributed by atoms with Crippen LogP contribution < -0.4 is 0 Å². The molecule has 1 unspecified atom stereocenters. The van der Waals surface area contributed by atoms with Crippen molar-refractivity contribution in [2.24, 2.45) is 0 Å². The number of rotatable bonds is 5. The van der Waals surface area contributed by atoms with E-state index in [1.165, 1.54) is 15.6 Å². The van der Waals surface area contributed by atoms with E-state index in [-0.39, 0.29) is 16.7 Å². The van der Waals surface area contributed by atoms with Crippen LogP contribution in [0.5, 0.6) is 0 Å². The molecular weight excluding hydrogens is 404 g/mol. The van der Waals surface area contributed by atoms with Gasteiger partial charge in [-0.3, -0.25) is 4.79 Å². The average molecular weight is 427 g/mol. The van der Waals surface area contributed by atoms with Gasteiger partial charge in [0.25, 0.3) is 10.0 Å². The molecule has 1 amide bonds. The lowest BCUT2D eigenvalue weighted by molar-refractivity contribution is -0.135. The molecule has 2 aromatic carbocycles. The highest BCUT2D eigenvalue weighted by Gasteiger charge is 2.41. The number of carbonyl (C=O) groups excluding carboxylic acids is 1. The molecule has 4 rings (SSSR count). The van der Waals surface area contributed by atoms with Crippen molar-refractivity contribution in [1.29, 1.82) is 0 Å². The number of hydrogen-bond donors (Lipinski definition) is 0. The first-order valence-corrected chi connectivity index (χ1v) is 11.7. The molecule has 2 heterocycles. The summed E-state index contributed by atoms with van der Waals surface area (Å²) in [5.41, 5.74) is 2.98. The van der Waals surface area contributed by atoms with Gasteiger partial charge in [0.1, 0.15) is 10.3 Å². The Morgan fingerprint density at radius 3 is 2.41 bits per heavy atom. The van der Waals surface area contributed by atoms with Crippen LogP contribution in [0.15, 0.2) is 76.3 Å². The smallest absolute Gasteiger partial charge is 0.253 e. The van der Waals surface area contributed by atoms with Crippen LogP contribution in [0.4, 0.5) is 0 Å². The zero-order valence-corrected chi connectivity index (χ0v) is 17.7. The van der Waals surface area contributed by atoms with Crippen LogP contribution in [-0.2, 0) is 34.3 Å². The number of amides is 1. The monoisotopic (exact) mass is 426 g/mol. The van der Waals surface area contributed by atoms with Crippen LogP contribution in [0.1, 0.15) is 16.7 Å². The van der Waals surface area contributed by atoms with Crippen LogP contribution in [0.25, 0.3) is 0 Å². The zero-order chi connectivity index (χ0) is 20.4. The standard InChI is InChI=1S/C22H22N2O3S2/c1-23(15-17-8-3-2-4-9-17)22(25)20-14-18-10-5-6-11-19(18)16-24(20)29(26,27)21-12-7-13-28-21/h2-13,20H,14-16H2,1H3. The van der Waals surface area contributed by atoms with Crippen LogP contribution in [0.3, 0.4) is 0 Å². The summed E-state index contributed by atoms with van der Waals surface area (Å²) < 4.78 is 28.3. The predicted octanol–water partition coefficient (Wildman–Crippen LogP) is 3.52. The number of thiophene rings is 1. The number of likely N-dealkylation sites (N-methyl/N-ethyl adjacent to an activating group) is 1. The molecule has 0 aliphatic carbocycles. The van der Waals surface area contributed by atoms with Crippen LogP contribution in [0, 0.1) is 0 Å². The second-order valence-corrected chi connectivity index (χ2v) is 10.2. The molecule has 0 bridgehead atoms. The van der Waals surface area contributed by atoms with Gasteiger partial charge in [-0.05, 0) is 34.6 Å². The second kappa shape index (κ2) is 8.10. The van der Waals surface area contributed by atoms with Gasteiger partial charge in [0.2, 0.25) is 5.91 Å². The Morgan fingerprint density at radius 2 is 1.72 bits per heavy atom. The fraction of sp³-hybridized carbons (Fsp3) is 0.227. The van der Waals surface area contributed by atoms with Gasteiger partial charge in [0, 0.05) is 20.1 Å². The molecule has 29 heavy (non-hydrogen) atoms. The fourth-order valence-electron chi connectivity index (χ4n) is 3.68. The van der Waals surface area contributed by atoms with Crippen molar-refractivity contribution in [3.8, 4) is 0 Å². The van der Waals surface area contributed by atoms with Gasteiger partial charge >= 0.3 is 0 Å². The Balaban J connectivity index is 1.67. The molecular formula is C22H22N2O3S2. The molecule has 1 atom stereocenters. The largest absolute Gasteiger partial charge is 0.340 e. The van der Waals surface area contributed by atoms with Gasteiger partial charge in [0.05, 0.1) is 0 Å². The summed E-state index contributed by atoms with van der Waals surface area (Å²) in [5, 5.41) is 1.74. The van der Waals surface area contributed by atoms with E-state index in [0.29, 0.717) is 13.0 Å². The van der Waals surface area contributed by atoms with Gasteiger partial charge in [-0.25, -0.2) is 8.42 Å². The van der Waals surface area contributed by atoms with E-state index >= 15 is 0 Å². The molecule has 0 saturated carbocycles. The number of sulfonamides is 1. The quantitative estimate of drug-likeness (QED) is 0.627. The summed E-state index contributed by atoms with van der Waals surface area (Å²) in [6, 6.07) is 20.0. The molecule has 3 aromatic rings. The second-order valence-electron chi connectivity index (χ2n) is 7.15. The lowest BCUT2D eigenvalue weighted by Gasteiger charge is -2.36. The molecule has 7 heteroatoms. The third kappa shape index (κ3) is 3.99. The Bertz CT molecular complexity index is 1100. The van der Waals surface area contributed by atoms with E-state index in [2.05, 4.69) is 0 Å². The number of carbonyl (C=O) groups is 1. The van der Waals surface area contributed by atoms with Crippen LogP contribution in [0.2, 0.25) is 0 Å². The molecule has 0 spiro atoms. The van der Waals surface area contributed by atoms with E-state index in [1.807, 2.05) is 54.6 Å². The molecule has 0 saturated heterocycles. The van der Waals surface area contributed by atoms with Crippen molar-refractivity contribution in [3.05, 3.63) is 88.8 Å². The van der Waals surface area contributed by atoms with Crippen molar-refractivity contribution in [2.45, 2.75) is 29.8 Å². The van der Waals surface area contributed by atoms with Gasteiger partial charge < -0.3 is 4.90 Å². The molecule has 0 N–H and O–H groups in total. The van der Waals surface area contributed by atoms with E-state index < -0.39 is 16.1 Å². The third-order valence-corrected chi connectivity index (χ3v) is 8.42. The number of fused-ring (bicyclic) bond motifs is 1. The van der Waals surface area contributed by atoms with Gasteiger partial charge in [-0.2, -0.15) is 4.31 Å². The minimum atomic E-state index is -3.76. The lowest BCUT2D eigenvalue weighted by Crippen LogP contribution is -2.52. The number of hydrogen-bond acceptors (Lipinski definition) is 4. The zero-order valence-electron chi connectivity index (χ0n) is 16.1. The minimum Gasteiger partial charge on any atom is -0.340 e. The maximum absolute atomic E-state index is 13.4. The lowest BCUT2D eigenvalue weighted by atomic mass is 9.95. The summed E-state index contributed by atoms with van der Waals surface area (Å²) in [4.78, 5) is 15.0. The van der Waals surface area contributed by atoms with Crippen LogP contribution >= 0.6 is 11.3 Å². The van der Waals surface area contributed by atoms with E-state index in [1.54, 1.807) is 29.5 Å². The molecule has 5 nitrogen and oxygen atoms in total. The maximum atomic E-state index is 13.4. The summed E-state index contributed by atoms with van der Waals surface area (Å²) >= 11 is 1.18. The normalized spacial score (nSPS) is 16.9. The first-order chi connectivity index (χ1) is 14.0. The Kier molecular flexibility index (Phi) is 5.54. The van der Waals surface area contributed by atoms with E-state index in [9.17, 15) is 13.2 Å². The Hall–Kier alpha value is -2.48. The number of benzene rings is 2. The minimum absolute atomic E-state index is 0.191. The summed E-state index contributed by atoms with van der Waals surface area (Å²) in [7, 11) is -2.03. The Labute approximate surface area is 175 Å². The Morgan fingerprint density at radius 1 is 1.03 bits per heavy atom. The van der Waals surface area contributed by atoms with Gasteiger partial charge in [0.15, 0.2) is 0 Å². The van der Waals surface area contributed by atoms with Crippen molar-refractivity contribution in [1.82, 2.24) is 9.21 Å². The third-order valence-electron chi connectivity index (χ3n) is 5.19. The highest BCUT2D eigenvalue weighted by Crippen LogP contribution is 2.31. The molecule has 1 aliphatic rings. The molecule has 0 radical (unpaired) electrons. The maximum Gasteiger partial charge on any atom is 0.253 e. The first-order valence-electron chi connectivity index (χ1n) is 9.38. The first kappa shape index (κ1) is 19.8. The van der Waals surface area contributed by atoms with Crippen molar-refractivity contribution in [2.75, 3.05) is 7.05 Å². The van der Waals surface area contributed by atoms with Crippen molar-refractivity contribution in [3.63, 3.8) is 0 Å². The fourth-order valence-corrected chi connectivity index (χ4v) is 6.36. The topological polar surface area (TPSA) is 57.7 Å². The van der Waals surface area contributed by atoms with Gasteiger partial charge in [-0.15, -0.1) is 11.3 Å².